The van der Waals surface area contributed by atoms with Crippen LogP contribution in [0.5, 0.6) is 0 Å². The third kappa shape index (κ3) is 4.88. The van der Waals surface area contributed by atoms with Crippen LogP contribution in [-0.4, -0.2) is 52.2 Å². The van der Waals surface area contributed by atoms with Crippen molar-refractivity contribution < 1.29 is 18.3 Å². The Balaban J connectivity index is 1.72. The van der Waals surface area contributed by atoms with E-state index in [9.17, 15) is 32.7 Å². The van der Waals surface area contributed by atoms with Crippen molar-refractivity contribution in [1.29, 1.82) is 0 Å². The van der Waals surface area contributed by atoms with Gasteiger partial charge >= 0.3 is 5.69 Å². The van der Waals surface area contributed by atoms with Crippen molar-refractivity contribution >= 4 is 61.5 Å². The summed E-state index contributed by atoms with van der Waals surface area (Å²) < 4.78 is 37.5. The van der Waals surface area contributed by atoms with E-state index < -0.39 is 39.1 Å². The lowest BCUT2D eigenvalue weighted by Gasteiger charge is -2.26. The van der Waals surface area contributed by atoms with Gasteiger partial charge in [-0.15, -0.1) is 0 Å². The summed E-state index contributed by atoms with van der Waals surface area (Å²) >= 11 is 1.96. The molecule has 1 saturated heterocycles. The molecule has 11 nitrogen and oxygen atoms in total. The number of aromatic nitrogens is 3. The first-order chi connectivity index (χ1) is 18.4. The van der Waals surface area contributed by atoms with Gasteiger partial charge in [-0.2, -0.15) is 10.6 Å². The number of aromatic amines is 1. The molecule has 4 N–H and O–H groups in total. The lowest BCUT2D eigenvalue weighted by Crippen LogP contribution is -2.34. The van der Waals surface area contributed by atoms with Crippen LogP contribution < -0.4 is 22.1 Å². The van der Waals surface area contributed by atoms with Crippen molar-refractivity contribution in [1.82, 2.24) is 19.0 Å². The fraction of sp³-hybridized carbons (Fsp3) is 0.200. The lowest BCUT2D eigenvalue weighted by molar-refractivity contribution is 0.0800. The van der Waals surface area contributed by atoms with Gasteiger partial charge in [0.15, 0.2) is 0 Å². The second-order valence-corrected chi connectivity index (χ2v) is 12.7. The molecule has 0 aliphatic carbocycles. The molecule has 0 atom stereocenters. The number of hydrogen-bond donors (Lipinski definition) is 4. The first kappa shape index (κ1) is 27.1. The first-order valence-corrected chi connectivity index (χ1v) is 14.6. The highest BCUT2D eigenvalue weighted by Gasteiger charge is 2.30. The van der Waals surface area contributed by atoms with Crippen LogP contribution >= 0.6 is 33.2 Å². The van der Waals surface area contributed by atoms with Crippen LogP contribution in [0.15, 0.2) is 56.8 Å². The Labute approximate surface area is 235 Å². The lowest BCUT2D eigenvalue weighted by atomic mass is 10.1. The number of carbonyl (C=O) groups excluding carboxylic acids is 1. The summed E-state index contributed by atoms with van der Waals surface area (Å²) in [7, 11) is -1.44. The van der Waals surface area contributed by atoms with Crippen molar-refractivity contribution in [3.05, 3.63) is 94.2 Å². The van der Waals surface area contributed by atoms with E-state index >= 15 is 0 Å². The molecule has 4 aromatic rings. The average molecular weight is 667 g/mol. The molecule has 0 unspecified atom stereocenters. The minimum atomic E-state index is -2.86. The summed E-state index contributed by atoms with van der Waals surface area (Å²) in [6, 6.07) is 10.4. The third-order valence-corrected chi connectivity index (χ3v) is 8.77. The van der Waals surface area contributed by atoms with Crippen molar-refractivity contribution in [2.24, 2.45) is 7.05 Å². The summed E-state index contributed by atoms with van der Waals surface area (Å²) in [5, 5.41) is 2.78. The number of nitrogens with zero attached hydrogens (tertiary/aromatic N) is 3. The molecule has 0 spiro atoms. The van der Waals surface area contributed by atoms with Gasteiger partial charge in [0.2, 0.25) is 0 Å². The quantitative estimate of drug-likeness (QED) is 0.244. The van der Waals surface area contributed by atoms with E-state index in [1.807, 2.05) is 22.6 Å². The second-order valence-electron chi connectivity index (χ2n) is 9.16. The molecular weight excluding hydrogens is 644 g/mol. The summed E-state index contributed by atoms with van der Waals surface area (Å²) in [6.45, 7) is 1.64. The first-order valence-electron chi connectivity index (χ1n) is 11.6. The topological polar surface area (TPSA) is 150 Å². The van der Waals surface area contributed by atoms with Crippen LogP contribution in [-0.2, 0) is 7.05 Å². The number of carbonyl (C=O) groups is 1. The van der Waals surface area contributed by atoms with Crippen molar-refractivity contribution in [3.63, 3.8) is 0 Å². The number of H-pyrrole nitrogens is 1. The fourth-order valence-corrected chi connectivity index (χ4v) is 6.44. The van der Waals surface area contributed by atoms with Gasteiger partial charge < -0.3 is 10.2 Å². The summed E-state index contributed by atoms with van der Waals surface area (Å²) in [4.78, 5) is 56.2. The van der Waals surface area contributed by atoms with Crippen LogP contribution in [0.3, 0.4) is 0 Å². The van der Waals surface area contributed by atoms with Gasteiger partial charge in [-0.25, -0.2) is 9.18 Å². The predicted molar refractivity (Wildman–Crippen MR) is 156 cm³/mol. The highest BCUT2D eigenvalue weighted by molar-refractivity contribution is 14.1. The van der Waals surface area contributed by atoms with Crippen LogP contribution in [0.4, 0.5) is 15.9 Å². The van der Waals surface area contributed by atoms with Gasteiger partial charge in [0.05, 0.1) is 22.6 Å². The Kier molecular flexibility index (Phi) is 6.90. The number of benzene rings is 2. The summed E-state index contributed by atoms with van der Waals surface area (Å²) in [5.41, 5.74) is -1.66. The van der Waals surface area contributed by atoms with Gasteiger partial charge in [0.1, 0.15) is 22.9 Å². The number of hydrogen-bond acceptors (Lipinski definition) is 7. The highest BCUT2D eigenvalue weighted by Crippen LogP contribution is 2.43. The van der Waals surface area contributed by atoms with Gasteiger partial charge in [0, 0.05) is 28.3 Å². The molecule has 39 heavy (non-hydrogen) atoms. The monoisotopic (exact) mass is 667 g/mol. The molecule has 14 heteroatoms. The van der Waals surface area contributed by atoms with Crippen LogP contribution in [0, 0.1) is 16.3 Å². The number of amides is 1. The molecule has 1 aliphatic rings. The Morgan fingerprint density at radius 3 is 2.56 bits per heavy atom. The molecule has 2 aromatic heterocycles. The largest absolute Gasteiger partial charge is 0.338 e. The minimum Gasteiger partial charge on any atom is -0.338 e. The Morgan fingerprint density at radius 2 is 1.90 bits per heavy atom. The molecule has 204 valence electrons. The molecule has 0 saturated carbocycles. The number of rotatable bonds is 4. The third-order valence-electron chi connectivity index (χ3n) is 6.54. The maximum Gasteiger partial charge on any atom is 0.333 e. The van der Waals surface area contributed by atoms with Crippen LogP contribution in [0.25, 0.3) is 16.6 Å². The SMILES string of the molecule is Cc1c(=O)n(C)c(Nc2ccc(I)cc2F)c2c(=O)[nH]c(=O)n(-c3cccc(C(=O)N4CCS(O)(O)C4)c3)c12. The zero-order valence-electron chi connectivity index (χ0n) is 20.7. The van der Waals surface area contributed by atoms with E-state index in [0.29, 0.717) is 3.57 Å². The number of pyridine rings is 1. The molecular formula is C25H23FIN5O6S. The molecule has 3 heterocycles. The molecule has 2 aromatic carbocycles. The van der Waals surface area contributed by atoms with E-state index in [1.165, 1.54) is 59.8 Å². The van der Waals surface area contributed by atoms with Crippen LogP contribution in [0.2, 0.25) is 0 Å². The second kappa shape index (κ2) is 9.93. The fourth-order valence-electron chi connectivity index (χ4n) is 4.60. The van der Waals surface area contributed by atoms with Crippen molar-refractivity contribution in [3.8, 4) is 5.69 Å². The van der Waals surface area contributed by atoms with Crippen LogP contribution in [0.1, 0.15) is 15.9 Å². The predicted octanol–water partition coefficient (Wildman–Crippen LogP) is 3.34. The normalized spacial score (nSPS) is 15.5. The smallest absolute Gasteiger partial charge is 0.333 e. The van der Waals surface area contributed by atoms with E-state index in [1.54, 1.807) is 6.07 Å². The zero-order chi connectivity index (χ0) is 28.2. The standard InChI is InChI=1S/C25H23FIN5O6S/c1-13-20-19(21(30(2)23(13)34)28-18-7-6-15(27)11-17(18)26)22(33)29-25(36)32(20)16-5-3-4-14(10-16)24(35)31-8-9-39(37,38)12-31/h3-7,10-11,28,37-38H,8-9,12H2,1-2H3,(H,29,33,36). The van der Waals surface area contributed by atoms with Crippen molar-refractivity contribution in [2.75, 3.05) is 23.5 Å². The molecule has 1 amide bonds. The van der Waals surface area contributed by atoms with E-state index in [4.69, 9.17) is 0 Å². The van der Waals surface area contributed by atoms with Gasteiger partial charge in [-0.3, -0.25) is 37.6 Å². The minimum absolute atomic E-state index is 0.000203. The maximum atomic E-state index is 14.7. The number of aryl methyl sites for hydroxylation is 1. The summed E-state index contributed by atoms with van der Waals surface area (Å²) in [5.74, 6) is -1.18. The van der Waals surface area contributed by atoms with Gasteiger partial charge in [-0.1, -0.05) is 6.07 Å². The highest BCUT2D eigenvalue weighted by atomic mass is 127. The molecule has 0 radical (unpaired) electrons. The molecule has 1 fully saturated rings. The number of nitrogens with one attached hydrogen (secondary N) is 2. The molecule has 5 rings (SSSR count). The molecule has 0 bridgehead atoms. The summed E-state index contributed by atoms with van der Waals surface area (Å²) in [6.07, 6.45) is 0. The number of anilines is 2. The van der Waals surface area contributed by atoms with Gasteiger partial charge in [-0.05, 0) is 65.9 Å². The average Bonchev–Trinajstić information content (AvgIpc) is 3.25. The Morgan fingerprint density at radius 1 is 1.15 bits per heavy atom. The Bertz CT molecular complexity index is 1850. The van der Waals surface area contributed by atoms with E-state index in [-0.39, 0.29) is 57.4 Å². The molecule has 1 aliphatic heterocycles. The van der Waals surface area contributed by atoms with Crippen molar-refractivity contribution in [2.45, 2.75) is 6.92 Å². The van der Waals surface area contributed by atoms with Gasteiger partial charge in [0.25, 0.3) is 17.0 Å². The van der Waals surface area contributed by atoms with E-state index in [2.05, 4.69) is 10.3 Å². The van der Waals surface area contributed by atoms with E-state index in [0.717, 1.165) is 4.57 Å². The Hall–Kier alpha value is -3.47. The maximum absolute atomic E-state index is 14.7. The zero-order valence-corrected chi connectivity index (χ0v) is 23.7. The number of fused-ring (bicyclic) bond motifs is 1. The number of halogens is 2.